The third-order valence-corrected chi connectivity index (χ3v) is 4.57. The van der Waals surface area contributed by atoms with Crippen LogP contribution in [0.3, 0.4) is 0 Å². The number of imidazole rings is 1. The molecule has 1 unspecified atom stereocenters. The monoisotopic (exact) mass is 537 g/mol. The summed E-state index contributed by atoms with van der Waals surface area (Å²) in [5, 5.41) is 6.66. The van der Waals surface area contributed by atoms with Crippen molar-refractivity contribution in [2.75, 3.05) is 26.7 Å². The van der Waals surface area contributed by atoms with E-state index in [-0.39, 0.29) is 30.1 Å². The standard InChI is InChI=1S/C23H31N5O2.HI/c1-4-24-23(26-16-17(2)30-21-13-8-7-12-20(21)29-3)25-15-9-14-22-27-18-10-5-6-11-19(18)28-22;/h5-8,10-13,17H,4,9,14-16H2,1-3H3,(H,27,28)(H2,24,25,26);1H. The first-order valence-corrected chi connectivity index (χ1v) is 10.4. The summed E-state index contributed by atoms with van der Waals surface area (Å²) >= 11 is 0. The Kier molecular flexibility index (Phi) is 10.4. The van der Waals surface area contributed by atoms with Gasteiger partial charge in [-0.2, -0.15) is 0 Å². The Hall–Kier alpha value is -2.49. The lowest BCUT2D eigenvalue weighted by atomic mass is 10.3. The molecule has 0 amide bonds. The average Bonchev–Trinajstić information content (AvgIpc) is 3.18. The van der Waals surface area contributed by atoms with E-state index < -0.39 is 0 Å². The van der Waals surface area contributed by atoms with Gasteiger partial charge in [0.05, 0.1) is 24.7 Å². The van der Waals surface area contributed by atoms with Gasteiger partial charge in [0.1, 0.15) is 11.9 Å². The van der Waals surface area contributed by atoms with Crippen LogP contribution in [-0.2, 0) is 6.42 Å². The number of aliphatic imine (C=N–C) groups is 1. The number of para-hydroxylation sites is 4. The van der Waals surface area contributed by atoms with E-state index in [9.17, 15) is 0 Å². The maximum Gasteiger partial charge on any atom is 0.191 e. The maximum atomic E-state index is 5.98. The normalized spacial score (nSPS) is 12.2. The molecule has 168 valence electrons. The number of nitrogens with one attached hydrogen (secondary N) is 3. The Labute approximate surface area is 201 Å². The molecule has 0 bridgehead atoms. The Bertz CT molecular complexity index is 927. The van der Waals surface area contributed by atoms with Crippen LogP contribution in [0.25, 0.3) is 11.0 Å². The summed E-state index contributed by atoms with van der Waals surface area (Å²) in [6.07, 6.45) is 1.76. The summed E-state index contributed by atoms with van der Waals surface area (Å²) < 4.78 is 11.3. The quantitative estimate of drug-likeness (QED) is 0.157. The van der Waals surface area contributed by atoms with Gasteiger partial charge in [-0.05, 0) is 44.5 Å². The number of benzene rings is 2. The number of hydrogen-bond acceptors (Lipinski definition) is 4. The van der Waals surface area contributed by atoms with Gasteiger partial charge in [-0.25, -0.2) is 9.98 Å². The lowest BCUT2D eigenvalue weighted by Gasteiger charge is -2.16. The molecule has 0 aliphatic rings. The summed E-state index contributed by atoms with van der Waals surface area (Å²) in [7, 11) is 1.64. The van der Waals surface area contributed by atoms with E-state index in [1.807, 2.05) is 55.5 Å². The van der Waals surface area contributed by atoms with Gasteiger partial charge in [0.15, 0.2) is 17.5 Å². The van der Waals surface area contributed by atoms with E-state index in [4.69, 9.17) is 9.47 Å². The van der Waals surface area contributed by atoms with Crippen molar-refractivity contribution in [3.05, 3.63) is 54.4 Å². The van der Waals surface area contributed by atoms with Crippen molar-refractivity contribution in [2.45, 2.75) is 32.8 Å². The molecule has 3 rings (SSSR count). The second kappa shape index (κ2) is 13.0. The maximum absolute atomic E-state index is 5.98. The number of halogens is 1. The molecule has 7 nitrogen and oxygen atoms in total. The summed E-state index contributed by atoms with van der Waals surface area (Å²) in [6.45, 7) is 6.21. The predicted molar refractivity (Wildman–Crippen MR) is 137 cm³/mol. The Balaban J connectivity index is 0.00000341. The fraction of sp³-hybridized carbons (Fsp3) is 0.391. The van der Waals surface area contributed by atoms with Crippen LogP contribution in [0.1, 0.15) is 26.1 Å². The number of fused-ring (bicyclic) bond motifs is 1. The zero-order valence-corrected chi connectivity index (χ0v) is 20.7. The van der Waals surface area contributed by atoms with Crippen LogP contribution in [0.5, 0.6) is 11.5 Å². The summed E-state index contributed by atoms with van der Waals surface area (Å²) in [5.74, 6) is 3.26. The van der Waals surface area contributed by atoms with Crippen molar-refractivity contribution in [3.8, 4) is 11.5 Å². The minimum Gasteiger partial charge on any atom is -0.493 e. The minimum absolute atomic E-state index is 0. The molecule has 8 heteroatoms. The number of guanidine groups is 1. The van der Waals surface area contributed by atoms with E-state index in [2.05, 4.69) is 32.5 Å². The van der Waals surface area contributed by atoms with Gasteiger partial charge in [-0.3, -0.25) is 0 Å². The molecule has 0 aliphatic heterocycles. The average molecular weight is 537 g/mol. The first-order chi connectivity index (χ1) is 14.7. The molecule has 0 radical (unpaired) electrons. The lowest BCUT2D eigenvalue weighted by molar-refractivity contribution is 0.219. The molecule has 0 aliphatic carbocycles. The minimum atomic E-state index is -0.0766. The van der Waals surface area contributed by atoms with Gasteiger partial charge in [-0.15, -0.1) is 24.0 Å². The van der Waals surface area contributed by atoms with E-state index in [1.165, 1.54) is 0 Å². The molecule has 3 N–H and O–H groups in total. The van der Waals surface area contributed by atoms with Crippen molar-refractivity contribution in [1.29, 1.82) is 0 Å². The van der Waals surface area contributed by atoms with Gasteiger partial charge in [0.2, 0.25) is 0 Å². The number of aromatic amines is 1. The Morgan fingerprint density at radius 2 is 1.84 bits per heavy atom. The van der Waals surface area contributed by atoms with E-state index in [0.29, 0.717) is 6.54 Å². The summed E-state index contributed by atoms with van der Waals surface area (Å²) in [4.78, 5) is 12.6. The van der Waals surface area contributed by atoms with Crippen LogP contribution in [0.2, 0.25) is 0 Å². The first kappa shape index (κ1) is 24.8. The van der Waals surface area contributed by atoms with Gasteiger partial charge in [-0.1, -0.05) is 24.3 Å². The number of nitrogens with zero attached hydrogens (tertiary/aromatic N) is 2. The molecule has 31 heavy (non-hydrogen) atoms. The lowest BCUT2D eigenvalue weighted by Crippen LogP contribution is -2.38. The number of H-pyrrole nitrogens is 1. The summed E-state index contributed by atoms with van der Waals surface area (Å²) in [6, 6.07) is 15.7. The van der Waals surface area contributed by atoms with Crippen LogP contribution in [0.4, 0.5) is 0 Å². The Morgan fingerprint density at radius 3 is 2.58 bits per heavy atom. The van der Waals surface area contributed by atoms with E-state index >= 15 is 0 Å². The summed E-state index contributed by atoms with van der Waals surface area (Å²) in [5.41, 5.74) is 2.10. The predicted octanol–water partition coefficient (Wildman–Crippen LogP) is 4.14. The molecule has 2 aromatic carbocycles. The van der Waals surface area contributed by atoms with Crippen LogP contribution >= 0.6 is 24.0 Å². The SMILES string of the molecule is CCNC(=NCC(C)Oc1ccccc1OC)NCCCc1nc2ccccc2[nH]1.I. The molecule has 1 heterocycles. The van der Waals surface area contributed by atoms with E-state index in [0.717, 1.165) is 60.2 Å². The number of ether oxygens (including phenoxy) is 2. The highest BCUT2D eigenvalue weighted by molar-refractivity contribution is 14.0. The van der Waals surface area contributed by atoms with Gasteiger partial charge in [0.25, 0.3) is 0 Å². The molecule has 0 fully saturated rings. The fourth-order valence-electron chi connectivity index (χ4n) is 3.12. The highest BCUT2D eigenvalue weighted by atomic mass is 127. The van der Waals surface area contributed by atoms with E-state index in [1.54, 1.807) is 7.11 Å². The van der Waals surface area contributed by atoms with Gasteiger partial charge in [0, 0.05) is 19.5 Å². The second-order valence-electron chi connectivity index (χ2n) is 7.03. The third kappa shape index (κ3) is 7.61. The molecule has 1 atom stereocenters. The molecule has 0 saturated heterocycles. The van der Waals surface area contributed by atoms with Gasteiger partial charge < -0.3 is 25.1 Å². The molecule has 1 aromatic heterocycles. The molecular weight excluding hydrogens is 505 g/mol. The smallest absolute Gasteiger partial charge is 0.191 e. The number of rotatable bonds is 10. The topological polar surface area (TPSA) is 83.6 Å². The number of aryl methyl sites for hydroxylation is 1. The number of methoxy groups -OCH3 is 1. The van der Waals surface area contributed by atoms with Crippen molar-refractivity contribution >= 4 is 41.0 Å². The van der Waals surface area contributed by atoms with Crippen molar-refractivity contribution < 1.29 is 9.47 Å². The molecule has 3 aromatic rings. The van der Waals surface area contributed by atoms with Crippen molar-refractivity contribution in [1.82, 2.24) is 20.6 Å². The zero-order valence-electron chi connectivity index (χ0n) is 18.4. The number of hydrogen-bond donors (Lipinski definition) is 3. The molecule has 0 spiro atoms. The van der Waals surface area contributed by atoms with Crippen molar-refractivity contribution in [3.63, 3.8) is 0 Å². The van der Waals surface area contributed by atoms with Crippen LogP contribution in [-0.4, -0.2) is 48.8 Å². The fourth-order valence-corrected chi connectivity index (χ4v) is 3.12. The highest BCUT2D eigenvalue weighted by Crippen LogP contribution is 2.26. The van der Waals surface area contributed by atoms with Crippen LogP contribution < -0.4 is 20.1 Å². The second-order valence-corrected chi connectivity index (χ2v) is 7.03. The van der Waals surface area contributed by atoms with Crippen LogP contribution in [0, 0.1) is 0 Å². The zero-order chi connectivity index (χ0) is 21.2. The third-order valence-electron chi connectivity index (χ3n) is 4.57. The first-order valence-electron chi connectivity index (χ1n) is 10.4. The molecular formula is C23H32IN5O2. The van der Waals surface area contributed by atoms with Gasteiger partial charge >= 0.3 is 0 Å². The van der Waals surface area contributed by atoms with Crippen molar-refractivity contribution in [2.24, 2.45) is 4.99 Å². The largest absolute Gasteiger partial charge is 0.493 e. The molecule has 0 saturated carbocycles. The number of aromatic nitrogens is 2. The van der Waals surface area contributed by atoms with Crippen LogP contribution in [0.15, 0.2) is 53.5 Å². The highest BCUT2D eigenvalue weighted by Gasteiger charge is 2.09. The Morgan fingerprint density at radius 1 is 1.10 bits per heavy atom.